The first-order valence-electron chi connectivity index (χ1n) is 7.93. The first-order valence-corrected chi connectivity index (χ1v) is 9.97. The maximum absolute atomic E-state index is 6.82. The van der Waals surface area contributed by atoms with E-state index in [1.165, 1.54) is 59.2 Å². The number of alkyl halides is 1. The molecule has 1 heterocycles. The molecular formula is C17H22BrClS. The van der Waals surface area contributed by atoms with Crippen LogP contribution in [0.2, 0.25) is 0 Å². The molecule has 0 radical (unpaired) electrons. The van der Waals surface area contributed by atoms with E-state index in [1.807, 2.05) is 11.3 Å². The largest absolute Gasteiger partial charge is 0.131 e. The Balaban J connectivity index is 1.53. The van der Waals surface area contributed by atoms with Crippen molar-refractivity contribution in [3.8, 4) is 0 Å². The summed E-state index contributed by atoms with van der Waals surface area (Å²) in [7, 11) is 0. The van der Waals surface area contributed by atoms with E-state index < -0.39 is 0 Å². The molecule has 1 aromatic heterocycles. The second-order valence-electron chi connectivity index (χ2n) is 7.69. The molecule has 4 saturated carbocycles. The van der Waals surface area contributed by atoms with Crippen LogP contribution in [0, 0.1) is 30.1 Å². The Labute approximate surface area is 139 Å². The van der Waals surface area contributed by atoms with Crippen molar-refractivity contribution in [1.29, 1.82) is 0 Å². The van der Waals surface area contributed by atoms with Gasteiger partial charge in [0.05, 0.1) is 9.16 Å². The quantitative estimate of drug-likeness (QED) is 0.517. The van der Waals surface area contributed by atoms with Crippen molar-refractivity contribution in [2.45, 2.75) is 57.2 Å². The molecule has 1 atom stereocenters. The van der Waals surface area contributed by atoms with Crippen molar-refractivity contribution in [2.75, 3.05) is 0 Å². The minimum atomic E-state index is 0.223. The Bertz CT molecular complexity index is 466. The second-order valence-corrected chi connectivity index (χ2v) is 10.6. The van der Waals surface area contributed by atoms with Gasteiger partial charge in [-0.3, -0.25) is 0 Å². The van der Waals surface area contributed by atoms with Gasteiger partial charge in [-0.1, -0.05) is 0 Å². The summed E-state index contributed by atoms with van der Waals surface area (Å²) in [4.78, 5) is 1.37. The van der Waals surface area contributed by atoms with Crippen LogP contribution in [0.15, 0.2) is 9.85 Å². The summed E-state index contributed by atoms with van der Waals surface area (Å²) in [5, 5.41) is 0.223. The van der Waals surface area contributed by atoms with Gasteiger partial charge in [-0.05, 0) is 103 Å². The lowest BCUT2D eigenvalue weighted by molar-refractivity contribution is -0.0575. The van der Waals surface area contributed by atoms with Crippen molar-refractivity contribution in [3.05, 3.63) is 20.3 Å². The van der Waals surface area contributed by atoms with E-state index in [2.05, 4.69) is 28.9 Å². The number of halogens is 2. The van der Waals surface area contributed by atoms with Crippen LogP contribution in [0.5, 0.6) is 0 Å². The average Bonchev–Trinajstić information content (AvgIpc) is 2.67. The zero-order valence-corrected chi connectivity index (χ0v) is 15.2. The van der Waals surface area contributed by atoms with E-state index in [4.69, 9.17) is 11.6 Å². The minimum absolute atomic E-state index is 0.223. The van der Waals surface area contributed by atoms with Crippen molar-refractivity contribution >= 4 is 38.9 Å². The number of thiophene rings is 1. The van der Waals surface area contributed by atoms with E-state index in [0.29, 0.717) is 5.41 Å². The highest BCUT2D eigenvalue weighted by atomic mass is 79.9. The maximum Gasteiger partial charge on any atom is 0.0731 e. The van der Waals surface area contributed by atoms with Crippen molar-refractivity contribution < 1.29 is 0 Å². The van der Waals surface area contributed by atoms with Crippen molar-refractivity contribution in [2.24, 2.45) is 23.2 Å². The molecule has 3 heteroatoms. The molecule has 0 aromatic carbocycles. The highest BCUT2D eigenvalue weighted by molar-refractivity contribution is 9.11. The third-order valence-electron chi connectivity index (χ3n) is 5.96. The highest BCUT2D eigenvalue weighted by Gasteiger charge is 2.51. The molecule has 0 aliphatic heterocycles. The molecule has 5 rings (SSSR count). The first kappa shape index (κ1) is 14.1. The lowest BCUT2D eigenvalue weighted by Crippen LogP contribution is -2.46. The SMILES string of the molecule is Cc1cc(C(Cl)CC23CC4CC(CC(C4)C2)C3)sc1Br. The smallest absolute Gasteiger partial charge is 0.0731 e. The molecule has 0 amide bonds. The van der Waals surface area contributed by atoms with Gasteiger partial charge in [-0.15, -0.1) is 22.9 Å². The fourth-order valence-corrected chi connectivity index (χ4v) is 7.73. The van der Waals surface area contributed by atoms with Gasteiger partial charge in [0.25, 0.3) is 0 Å². The van der Waals surface area contributed by atoms with Crippen LogP contribution < -0.4 is 0 Å². The monoisotopic (exact) mass is 372 g/mol. The molecule has 0 spiro atoms. The summed E-state index contributed by atoms with van der Waals surface area (Å²) in [6.45, 7) is 2.17. The van der Waals surface area contributed by atoms with Gasteiger partial charge < -0.3 is 0 Å². The molecule has 4 aliphatic rings. The Kier molecular flexibility index (Phi) is 3.52. The van der Waals surface area contributed by atoms with Crippen LogP contribution in [0.3, 0.4) is 0 Å². The number of hydrogen-bond donors (Lipinski definition) is 0. The molecule has 4 aliphatic carbocycles. The lowest BCUT2D eigenvalue weighted by Gasteiger charge is -2.57. The van der Waals surface area contributed by atoms with Gasteiger partial charge in [0.15, 0.2) is 0 Å². The summed E-state index contributed by atoms with van der Waals surface area (Å²) < 4.78 is 1.25. The normalized spacial score (nSPS) is 40.2. The molecule has 1 unspecified atom stereocenters. The molecule has 4 bridgehead atoms. The molecule has 0 N–H and O–H groups in total. The lowest BCUT2D eigenvalue weighted by atomic mass is 9.48. The van der Waals surface area contributed by atoms with Crippen LogP contribution in [0.4, 0.5) is 0 Å². The predicted molar refractivity (Wildman–Crippen MR) is 90.6 cm³/mol. The summed E-state index contributed by atoms with van der Waals surface area (Å²) in [6, 6.07) is 2.28. The zero-order chi connectivity index (χ0) is 13.9. The van der Waals surface area contributed by atoms with Crippen LogP contribution in [-0.4, -0.2) is 0 Å². The van der Waals surface area contributed by atoms with Gasteiger partial charge in [0.2, 0.25) is 0 Å². The van der Waals surface area contributed by atoms with E-state index >= 15 is 0 Å². The third-order valence-corrected chi connectivity index (χ3v) is 8.73. The van der Waals surface area contributed by atoms with E-state index in [0.717, 1.165) is 17.8 Å². The number of hydrogen-bond acceptors (Lipinski definition) is 1. The van der Waals surface area contributed by atoms with Gasteiger partial charge >= 0.3 is 0 Å². The Morgan fingerprint density at radius 3 is 2.25 bits per heavy atom. The van der Waals surface area contributed by atoms with Gasteiger partial charge in [-0.25, -0.2) is 0 Å². The predicted octanol–water partition coefficient (Wildman–Crippen LogP) is 6.71. The molecular weight excluding hydrogens is 352 g/mol. The minimum Gasteiger partial charge on any atom is -0.131 e. The molecule has 20 heavy (non-hydrogen) atoms. The summed E-state index contributed by atoms with van der Waals surface area (Å²) >= 11 is 12.3. The zero-order valence-electron chi connectivity index (χ0n) is 12.0. The van der Waals surface area contributed by atoms with Crippen LogP contribution >= 0.6 is 38.9 Å². The maximum atomic E-state index is 6.82. The number of rotatable bonds is 3. The molecule has 1 aromatic rings. The fourth-order valence-electron chi connectivity index (χ4n) is 5.66. The summed E-state index contributed by atoms with van der Waals surface area (Å²) in [5.41, 5.74) is 1.92. The number of aryl methyl sites for hydroxylation is 1. The Morgan fingerprint density at radius 1 is 1.25 bits per heavy atom. The standard InChI is InChI=1S/C17H22BrClS/c1-10-2-15(20-16(10)18)14(19)9-17-6-11-3-12(7-17)5-13(4-11)8-17/h2,11-14H,3-9H2,1H3. The van der Waals surface area contributed by atoms with Gasteiger partial charge in [0, 0.05) is 4.88 Å². The summed E-state index contributed by atoms with van der Waals surface area (Å²) in [5.74, 6) is 3.09. The Hall–Kier alpha value is 0.470. The van der Waals surface area contributed by atoms with Crippen LogP contribution in [0.25, 0.3) is 0 Å². The van der Waals surface area contributed by atoms with Gasteiger partial charge in [0.1, 0.15) is 0 Å². The van der Waals surface area contributed by atoms with E-state index in [-0.39, 0.29) is 5.38 Å². The molecule has 0 nitrogen and oxygen atoms in total. The van der Waals surface area contributed by atoms with E-state index in [9.17, 15) is 0 Å². The summed E-state index contributed by atoms with van der Waals surface area (Å²) in [6.07, 6.45) is 10.2. The van der Waals surface area contributed by atoms with Gasteiger partial charge in [-0.2, -0.15) is 0 Å². The average molecular weight is 374 g/mol. The van der Waals surface area contributed by atoms with Crippen molar-refractivity contribution in [3.63, 3.8) is 0 Å². The topological polar surface area (TPSA) is 0 Å². The third kappa shape index (κ3) is 2.40. The molecule has 4 fully saturated rings. The molecule has 110 valence electrons. The van der Waals surface area contributed by atoms with Crippen LogP contribution in [-0.2, 0) is 0 Å². The van der Waals surface area contributed by atoms with Crippen molar-refractivity contribution in [1.82, 2.24) is 0 Å². The Morgan fingerprint density at radius 2 is 1.80 bits per heavy atom. The van der Waals surface area contributed by atoms with E-state index in [1.54, 1.807) is 0 Å². The van der Waals surface area contributed by atoms with Crippen LogP contribution in [0.1, 0.15) is 60.8 Å². The second kappa shape index (κ2) is 4.99. The fraction of sp³-hybridized carbons (Fsp3) is 0.765. The molecule has 0 saturated heterocycles. The highest BCUT2D eigenvalue weighted by Crippen LogP contribution is 2.63. The first-order chi connectivity index (χ1) is 9.53.